The number of carboxylic acids is 1. The molecule has 0 aliphatic heterocycles. The summed E-state index contributed by atoms with van der Waals surface area (Å²) in [6.45, 7) is 2.39. The van der Waals surface area contributed by atoms with Gasteiger partial charge in [-0.2, -0.15) is 0 Å². The van der Waals surface area contributed by atoms with Gasteiger partial charge in [0.25, 0.3) is 0 Å². The number of carboxylic acid groups (broad SMARTS) is 1. The van der Waals surface area contributed by atoms with Crippen LogP contribution in [-0.4, -0.2) is 17.1 Å². The number of hydrogen-bond acceptors (Lipinski definition) is 3. The number of aliphatic carboxylic acids is 1. The van der Waals surface area contributed by atoms with E-state index < -0.39 is 12.0 Å². The Morgan fingerprint density at radius 2 is 2.40 bits per heavy atom. The van der Waals surface area contributed by atoms with Gasteiger partial charge in [0, 0.05) is 0 Å². The van der Waals surface area contributed by atoms with Gasteiger partial charge in [0.1, 0.15) is 11.8 Å². The average molecular weight is 276 g/mol. The highest BCUT2D eigenvalue weighted by Gasteiger charge is 2.15. The van der Waals surface area contributed by atoms with Crippen LogP contribution in [0.25, 0.3) is 0 Å². The summed E-state index contributed by atoms with van der Waals surface area (Å²) in [4.78, 5) is 10.8. The van der Waals surface area contributed by atoms with Crippen LogP contribution in [0.4, 0.5) is 0 Å². The van der Waals surface area contributed by atoms with Crippen molar-refractivity contribution in [3.8, 4) is 0 Å². The lowest BCUT2D eigenvalue weighted by molar-refractivity contribution is -0.139. The Morgan fingerprint density at radius 3 is 2.87 bits per heavy atom. The zero-order valence-corrected chi connectivity index (χ0v) is 10.1. The van der Waals surface area contributed by atoms with E-state index in [-0.39, 0.29) is 0 Å². The minimum absolute atomic E-state index is 0.433. The molecule has 1 aromatic rings. The molecule has 0 aliphatic rings. The molecule has 0 fully saturated rings. The van der Waals surface area contributed by atoms with Crippen molar-refractivity contribution >= 4 is 21.9 Å². The molecule has 0 saturated carbocycles. The highest BCUT2D eigenvalue weighted by molar-refractivity contribution is 9.10. The monoisotopic (exact) mass is 275 g/mol. The second kappa shape index (κ2) is 5.92. The summed E-state index contributed by atoms with van der Waals surface area (Å²) in [7, 11) is 0. The maximum atomic E-state index is 10.8. The Labute approximate surface area is 96.8 Å². The third kappa shape index (κ3) is 4.05. The molecular formula is C10H14BrNO3. The van der Waals surface area contributed by atoms with Crippen LogP contribution in [0, 0.1) is 0 Å². The number of halogens is 1. The first kappa shape index (κ1) is 12.3. The summed E-state index contributed by atoms with van der Waals surface area (Å²) < 4.78 is 5.91. The van der Waals surface area contributed by atoms with E-state index in [1.54, 1.807) is 6.07 Å². The van der Waals surface area contributed by atoms with Gasteiger partial charge in [-0.25, -0.2) is 0 Å². The van der Waals surface area contributed by atoms with Gasteiger partial charge < -0.3 is 9.52 Å². The first-order valence-corrected chi connectivity index (χ1v) is 5.63. The minimum Gasteiger partial charge on any atom is -0.480 e. The Hall–Kier alpha value is -0.810. The van der Waals surface area contributed by atoms with Gasteiger partial charge in [-0.1, -0.05) is 13.3 Å². The molecule has 0 bridgehead atoms. The standard InChI is InChI=1S/C10H14BrNO3/c1-2-3-8(10(13)14)12-6-7-4-5-9(11)15-7/h4-5,8,12H,2-3,6H2,1H3,(H,13,14). The predicted molar refractivity (Wildman–Crippen MR) is 59.6 cm³/mol. The second-order valence-corrected chi connectivity index (χ2v) is 4.05. The lowest BCUT2D eigenvalue weighted by atomic mass is 10.1. The summed E-state index contributed by atoms with van der Waals surface area (Å²) >= 11 is 3.19. The topological polar surface area (TPSA) is 62.5 Å². The largest absolute Gasteiger partial charge is 0.480 e. The number of furan rings is 1. The Kier molecular flexibility index (Phi) is 4.84. The van der Waals surface area contributed by atoms with Crippen LogP contribution in [0.1, 0.15) is 25.5 Å². The summed E-state index contributed by atoms with van der Waals surface area (Å²) in [5.41, 5.74) is 0. The van der Waals surface area contributed by atoms with Crippen LogP contribution in [0.2, 0.25) is 0 Å². The van der Waals surface area contributed by atoms with Gasteiger partial charge in [-0.3, -0.25) is 10.1 Å². The van der Waals surface area contributed by atoms with Crippen molar-refractivity contribution in [1.82, 2.24) is 5.32 Å². The maximum absolute atomic E-state index is 10.8. The highest BCUT2D eigenvalue weighted by Crippen LogP contribution is 2.14. The molecule has 1 rings (SSSR count). The summed E-state index contributed by atoms with van der Waals surface area (Å²) in [6.07, 6.45) is 1.46. The normalized spacial score (nSPS) is 12.7. The van der Waals surface area contributed by atoms with Crippen LogP contribution < -0.4 is 5.32 Å². The smallest absolute Gasteiger partial charge is 0.320 e. The number of rotatable bonds is 6. The molecule has 0 aliphatic carbocycles. The second-order valence-electron chi connectivity index (χ2n) is 3.27. The van der Waals surface area contributed by atoms with Gasteiger partial charge in [-0.15, -0.1) is 0 Å². The molecule has 1 aromatic heterocycles. The lowest BCUT2D eigenvalue weighted by Crippen LogP contribution is -2.35. The first-order valence-electron chi connectivity index (χ1n) is 4.84. The van der Waals surface area contributed by atoms with Crippen LogP contribution in [0.3, 0.4) is 0 Å². The molecule has 1 atom stereocenters. The van der Waals surface area contributed by atoms with Crippen molar-refractivity contribution in [2.24, 2.45) is 0 Å². The Morgan fingerprint density at radius 1 is 1.67 bits per heavy atom. The van der Waals surface area contributed by atoms with E-state index in [0.29, 0.717) is 17.6 Å². The SMILES string of the molecule is CCCC(NCc1ccc(Br)o1)C(=O)O. The highest BCUT2D eigenvalue weighted by atomic mass is 79.9. The van der Waals surface area contributed by atoms with Crippen molar-refractivity contribution in [3.05, 3.63) is 22.6 Å². The van der Waals surface area contributed by atoms with E-state index in [0.717, 1.165) is 12.2 Å². The van der Waals surface area contributed by atoms with Gasteiger partial charge in [-0.05, 0) is 34.5 Å². The fraction of sp³-hybridized carbons (Fsp3) is 0.500. The molecule has 84 valence electrons. The molecule has 0 amide bonds. The molecule has 0 radical (unpaired) electrons. The summed E-state index contributed by atoms with van der Waals surface area (Å²) in [6, 6.07) is 3.09. The number of nitrogens with one attached hydrogen (secondary N) is 1. The van der Waals surface area contributed by atoms with E-state index in [4.69, 9.17) is 9.52 Å². The summed E-state index contributed by atoms with van der Waals surface area (Å²) in [5, 5.41) is 11.8. The van der Waals surface area contributed by atoms with Gasteiger partial charge in [0.15, 0.2) is 4.67 Å². The Balaban J connectivity index is 2.43. The van der Waals surface area contributed by atoms with Crippen molar-refractivity contribution in [1.29, 1.82) is 0 Å². The third-order valence-electron chi connectivity index (χ3n) is 2.03. The van der Waals surface area contributed by atoms with Crippen LogP contribution in [0.15, 0.2) is 21.2 Å². The van der Waals surface area contributed by atoms with Crippen molar-refractivity contribution < 1.29 is 14.3 Å². The molecule has 0 spiro atoms. The first-order chi connectivity index (χ1) is 7.13. The van der Waals surface area contributed by atoms with Crippen molar-refractivity contribution in [2.75, 3.05) is 0 Å². The maximum Gasteiger partial charge on any atom is 0.320 e. The molecule has 5 heteroatoms. The average Bonchev–Trinajstić information content (AvgIpc) is 2.58. The van der Waals surface area contributed by atoms with Gasteiger partial charge >= 0.3 is 5.97 Å². The quantitative estimate of drug-likeness (QED) is 0.837. The van der Waals surface area contributed by atoms with E-state index in [2.05, 4.69) is 21.2 Å². The molecule has 4 nitrogen and oxygen atoms in total. The van der Waals surface area contributed by atoms with Crippen LogP contribution in [0.5, 0.6) is 0 Å². The van der Waals surface area contributed by atoms with Crippen LogP contribution >= 0.6 is 15.9 Å². The Bertz CT molecular complexity index is 324. The fourth-order valence-corrected chi connectivity index (χ4v) is 1.61. The third-order valence-corrected chi connectivity index (χ3v) is 2.45. The minimum atomic E-state index is -0.817. The van der Waals surface area contributed by atoms with E-state index in [9.17, 15) is 4.79 Å². The van der Waals surface area contributed by atoms with E-state index >= 15 is 0 Å². The van der Waals surface area contributed by atoms with Gasteiger partial charge in [0.05, 0.1) is 6.54 Å². The molecule has 1 heterocycles. The van der Waals surface area contributed by atoms with Crippen molar-refractivity contribution in [2.45, 2.75) is 32.4 Å². The zero-order chi connectivity index (χ0) is 11.3. The van der Waals surface area contributed by atoms with Crippen molar-refractivity contribution in [3.63, 3.8) is 0 Å². The zero-order valence-electron chi connectivity index (χ0n) is 8.50. The number of hydrogen-bond donors (Lipinski definition) is 2. The molecular weight excluding hydrogens is 262 g/mol. The van der Waals surface area contributed by atoms with Crippen LogP contribution in [-0.2, 0) is 11.3 Å². The van der Waals surface area contributed by atoms with E-state index in [1.807, 2.05) is 13.0 Å². The molecule has 2 N–H and O–H groups in total. The fourth-order valence-electron chi connectivity index (χ4n) is 1.27. The molecule has 0 aromatic carbocycles. The predicted octanol–water partition coefficient (Wildman–Crippen LogP) is 2.38. The molecule has 1 unspecified atom stereocenters. The lowest BCUT2D eigenvalue weighted by Gasteiger charge is -2.11. The number of carbonyl (C=O) groups is 1. The summed E-state index contributed by atoms with van der Waals surface area (Å²) in [5.74, 6) is -0.0910. The molecule has 15 heavy (non-hydrogen) atoms. The van der Waals surface area contributed by atoms with Gasteiger partial charge in [0.2, 0.25) is 0 Å². The molecule has 0 saturated heterocycles. The van der Waals surface area contributed by atoms with E-state index in [1.165, 1.54) is 0 Å².